The van der Waals surface area contributed by atoms with Gasteiger partial charge in [0, 0.05) is 22.6 Å². The zero-order valence-electron chi connectivity index (χ0n) is 14.3. The molecule has 26 heavy (non-hydrogen) atoms. The summed E-state index contributed by atoms with van der Waals surface area (Å²) < 4.78 is 6.54. The first kappa shape index (κ1) is 17.4. The lowest BCUT2D eigenvalue weighted by Crippen LogP contribution is -2.43. The first-order chi connectivity index (χ1) is 12.7. The number of hydrogen-bond donors (Lipinski definition) is 2. The van der Waals surface area contributed by atoms with Gasteiger partial charge in [0.05, 0.1) is 18.7 Å². The lowest BCUT2D eigenvalue weighted by atomic mass is 9.83. The van der Waals surface area contributed by atoms with E-state index in [4.69, 9.17) is 4.74 Å². The van der Waals surface area contributed by atoms with Crippen molar-refractivity contribution in [1.82, 2.24) is 4.90 Å². The van der Waals surface area contributed by atoms with Crippen LogP contribution in [0.2, 0.25) is 0 Å². The van der Waals surface area contributed by atoms with Crippen molar-refractivity contribution in [1.29, 1.82) is 0 Å². The number of fused-ring (bicyclic) bond motifs is 3. The summed E-state index contributed by atoms with van der Waals surface area (Å²) in [6.07, 6.45) is 0.542. The molecule has 2 aliphatic heterocycles. The third kappa shape index (κ3) is 3.19. The van der Waals surface area contributed by atoms with Gasteiger partial charge in [-0.05, 0) is 35.7 Å². The van der Waals surface area contributed by atoms with Crippen LogP contribution in [0.1, 0.15) is 23.6 Å². The molecule has 0 saturated carbocycles. The molecule has 0 bridgehead atoms. The van der Waals surface area contributed by atoms with Crippen molar-refractivity contribution in [3.05, 3.63) is 64.1 Å². The first-order valence-corrected chi connectivity index (χ1v) is 9.61. The molecule has 0 aromatic heterocycles. The van der Waals surface area contributed by atoms with Gasteiger partial charge in [-0.15, -0.1) is 0 Å². The Morgan fingerprint density at radius 3 is 2.85 bits per heavy atom. The number of anilines is 1. The van der Waals surface area contributed by atoms with Gasteiger partial charge < -0.3 is 20.1 Å². The molecule has 4 rings (SSSR count). The van der Waals surface area contributed by atoms with Crippen LogP contribution in [-0.4, -0.2) is 35.3 Å². The number of carbonyl (C=O) groups is 1. The maximum absolute atomic E-state index is 12.8. The van der Waals surface area contributed by atoms with E-state index in [2.05, 4.69) is 27.3 Å². The largest absolute Gasteiger partial charge is 0.445 e. The fourth-order valence-electron chi connectivity index (χ4n) is 4.04. The molecule has 0 spiro atoms. The number of carbonyl (C=O) groups excluding carboxylic acids is 1. The predicted molar refractivity (Wildman–Crippen MR) is 103 cm³/mol. The Kier molecular flexibility index (Phi) is 4.87. The average Bonchev–Trinajstić information content (AvgIpc) is 3.12. The van der Waals surface area contributed by atoms with Crippen LogP contribution in [0.4, 0.5) is 10.5 Å². The molecule has 1 saturated heterocycles. The Hall–Kier alpha value is -2.05. The quantitative estimate of drug-likeness (QED) is 0.795. The first-order valence-electron chi connectivity index (χ1n) is 8.81. The number of amides is 1. The minimum atomic E-state index is -0.300. The summed E-state index contributed by atoms with van der Waals surface area (Å²) in [5.74, 6) is 0.172. The number of nitrogens with zero attached hydrogens (tertiary/aromatic N) is 1. The number of hydrogen-bond acceptors (Lipinski definition) is 4. The maximum Gasteiger partial charge on any atom is 0.410 e. The highest BCUT2D eigenvalue weighted by molar-refractivity contribution is 9.10. The third-order valence-corrected chi connectivity index (χ3v) is 5.76. The molecule has 5 nitrogen and oxygen atoms in total. The van der Waals surface area contributed by atoms with Crippen LogP contribution >= 0.6 is 15.9 Å². The van der Waals surface area contributed by atoms with E-state index in [-0.39, 0.29) is 37.3 Å². The molecule has 3 atom stereocenters. The fraction of sp³-hybridized carbons (Fsp3) is 0.350. The van der Waals surface area contributed by atoms with Crippen molar-refractivity contribution < 1.29 is 14.6 Å². The van der Waals surface area contributed by atoms with E-state index >= 15 is 0 Å². The highest BCUT2D eigenvalue weighted by atomic mass is 79.9. The molecule has 2 aromatic carbocycles. The summed E-state index contributed by atoms with van der Waals surface area (Å²) in [4.78, 5) is 14.6. The van der Waals surface area contributed by atoms with Gasteiger partial charge in [-0.3, -0.25) is 0 Å². The van der Waals surface area contributed by atoms with Gasteiger partial charge in [0.2, 0.25) is 0 Å². The second-order valence-corrected chi connectivity index (χ2v) is 7.71. The molecule has 0 radical (unpaired) electrons. The molecule has 2 heterocycles. The Morgan fingerprint density at radius 1 is 1.27 bits per heavy atom. The van der Waals surface area contributed by atoms with E-state index < -0.39 is 0 Å². The summed E-state index contributed by atoms with van der Waals surface area (Å²) in [7, 11) is 0. The third-order valence-electron chi connectivity index (χ3n) is 5.27. The number of aliphatic hydroxyl groups is 1. The van der Waals surface area contributed by atoms with Crippen molar-refractivity contribution in [2.24, 2.45) is 5.92 Å². The van der Waals surface area contributed by atoms with Gasteiger partial charge in [-0.25, -0.2) is 4.79 Å². The molecule has 2 aromatic rings. The number of likely N-dealkylation sites (tertiary alicyclic amines) is 1. The SMILES string of the molecule is O=C(OCc1ccccc1)N1CC[C@@H]2[C@H](CO)Nc3ccc(Br)cc3[C@@H]21. The van der Waals surface area contributed by atoms with E-state index in [9.17, 15) is 9.90 Å². The number of rotatable bonds is 3. The molecular formula is C20H21BrN2O3. The summed E-state index contributed by atoms with van der Waals surface area (Å²) in [5.41, 5.74) is 3.01. The topological polar surface area (TPSA) is 61.8 Å². The number of nitrogens with one attached hydrogen (secondary N) is 1. The van der Waals surface area contributed by atoms with E-state index in [1.165, 1.54) is 0 Å². The minimum absolute atomic E-state index is 0.0452. The zero-order valence-corrected chi connectivity index (χ0v) is 15.9. The molecular weight excluding hydrogens is 396 g/mol. The molecule has 0 unspecified atom stereocenters. The van der Waals surface area contributed by atoms with Gasteiger partial charge in [-0.1, -0.05) is 46.3 Å². The van der Waals surface area contributed by atoms with Gasteiger partial charge in [0.1, 0.15) is 6.61 Å². The molecule has 1 fully saturated rings. The van der Waals surface area contributed by atoms with Crippen LogP contribution < -0.4 is 5.32 Å². The van der Waals surface area contributed by atoms with Gasteiger partial charge >= 0.3 is 6.09 Å². The minimum Gasteiger partial charge on any atom is -0.445 e. The smallest absolute Gasteiger partial charge is 0.410 e. The summed E-state index contributed by atoms with van der Waals surface area (Å²) in [6.45, 7) is 0.942. The van der Waals surface area contributed by atoms with Crippen LogP contribution in [0.15, 0.2) is 53.0 Å². The molecule has 6 heteroatoms. The van der Waals surface area contributed by atoms with Crippen molar-refractivity contribution in [2.75, 3.05) is 18.5 Å². The Labute approximate surface area is 161 Å². The molecule has 136 valence electrons. The summed E-state index contributed by atoms with van der Waals surface area (Å²) in [6, 6.07) is 15.6. The normalized spacial score (nSPS) is 23.8. The van der Waals surface area contributed by atoms with Crippen molar-refractivity contribution in [3.63, 3.8) is 0 Å². The van der Waals surface area contributed by atoms with Gasteiger partial charge in [0.15, 0.2) is 0 Å². The second kappa shape index (κ2) is 7.29. The molecule has 2 N–H and O–H groups in total. The number of benzene rings is 2. The zero-order chi connectivity index (χ0) is 18.1. The number of halogens is 1. The summed E-state index contributed by atoms with van der Waals surface area (Å²) >= 11 is 3.53. The fourth-order valence-corrected chi connectivity index (χ4v) is 4.42. The Bertz CT molecular complexity index is 799. The number of ether oxygens (including phenoxy) is 1. The lowest BCUT2D eigenvalue weighted by molar-refractivity contribution is 0.0845. The standard InChI is InChI=1S/C20H21BrN2O3/c21-14-6-7-17-16(10-14)19-15(18(11-24)22-17)8-9-23(19)20(25)26-12-13-4-2-1-3-5-13/h1-7,10,15,18-19,22,24H,8-9,11-12H2/t15-,18+,19-/m1/s1. The van der Waals surface area contributed by atoms with E-state index in [1.54, 1.807) is 0 Å². The van der Waals surface area contributed by atoms with Gasteiger partial charge in [-0.2, -0.15) is 0 Å². The van der Waals surface area contributed by atoms with E-state index in [1.807, 2.05) is 47.4 Å². The molecule has 0 aliphatic carbocycles. The highest BCUT2D eigenvalue weighted by Gasteiger charge is 2.46. The summed E-state index contributed by atoms with van der Waals surface area (Å²) in [5, 5.41) is 13.2. The molecule has 2 aliphatic rings. The lowest BCUT2D eigenvalue weighted by Gasteiger charge is -2.38. The van der Waals surface area contributed by atoms with Crippen LogP contribution in [0.25, 0.3) is 0 Å². The number of aliphatic hydroxyl groups excluding tert-OH is 1. The van der Waals surface area contributed by atoms with Crippen LogP contribution in [0.3, 0.4) is 0 Å². The maximum atomic E-state index is 12.8. The Balaban J connectivity index is 1.57. The van der Waals surface area contributed by atoms with E-state index in [0.717, 1.165) is 27.7 Å². The van der Waals surface area contributed by atoms with Crippen molar-refractivity contribution in [3.8, 4) is 0 Å². The molecule has 1 amide bonds. The van der Waals surface area contributed by atoms with Crippen LogP contribution in [0.5, 0.6) is 0 Å². The van der Waals surface area contributed by atoms with Crippen LogP contribution in [-0.2, 0) is 11.3 Å². The monoisotopic (exact) mass is 416 g/mol. The predicted octanol–water partition coefficient (Wildman–Crippen LogP) is 3.94. The Morgan fingerprint density at radius 2 is 2.08 bits per heavy atom. The second-order valence-electron chi connectivity index (χ2n) is 6.80. The highest BCUT2D eigenvalue weighted by Crippen LogP contribution is 2.47. The van der Waals surface area contributed by atoms with Gasteiger partial charge in [0.25, 0.3) is 0 Å². The van der Waals surface area contributed by atoms with E-state index in [0.29, 0.717) is 6.54 Å². The van der Waals surface area contributed by atoms with Crippen LogP contribution in [0, 0.1) is 5.92 Å². The average molecular weight is 417 g/mol. The van der Waals surface area contributed by atoms with Crippen molar-refractivity contribution >= 4 is 27.7 Å². The van der Waals surface area contributed by atoms with Crippen molar-refractivity contribution in [2.45, 2.75) is 25.1 Å².